The van der Waals surface area contributed by atoms with Crippen molar-refractivity contribution < 1.29 is 0 Å². The second-order valence-electron chi connectivity index (χ2n) is 6.42. The molecular formula is C18H23N3. The first kappa shape index (κ1) is 13.1. The Morgan fingerprint density at radius 3 is 2.95 bits per heavy atom. The molecule has 2 unspecified atom stereocenters. The first-order valence-electron chi connectivity index (χ1n) is 8.21. The number of piperidine rings is 1. The summed E-state index contributed by atoms with van der Waals surface area (Å²) in [5.41, 5.74) is 3.69. The Morgan fingerprint density at radius 1 is 1.29 bits per heavy atom. The smallest absolute Gasteiger partial charge is 0.0726 e. The number of nitrogens with zero attached hydrogens (tertiary/aromatic N) is 2. The number of hydrogen-bond donors (Lipinski definition) is 1. The fourth-order valence-corrected chi connectivity index (χ4v) is 4.01. The van der Waals surface area contributed by atoms with Gasteiger partial charge >= 0.3 is 0 Å². The van der Waals surface area contributed by atoms with Gasteiger partial charge in [-0.25, -0.2) is 0 Å². The summed E-state index contributed by atoms with van der Waals surface area (Å²) in [5.74, 6) is 0.916. The van der Waals surface area contributed by atoms with Gasteiger partial charge in [-0.15, -0.1) is 0 Å². The van der Waals surface area contributed by atoms with E-state index >= 15 is 0 Å². The summed E-state index contributed by atoms with van der Waals surface area (Å²) in [4.78, 5) is 7.46. The highest BCUT2D eigenvalue weighted by Gasteiger charge is 2.38. The van der Waals surface area contributed by atoms with Crippen LogP contribution in [0.5, 0.6) is 0 Å². The third-order valence-corrected chi connectivity index (χ3v) is 5.02. The van der Waals surface area contributed by atoms with Crippen LogP contribution in [0.3, 0.4) is 0 Å². The molecule has 1 N–H and O–H groups in total. The van der Waals surface area contributed by atoms with Gasteiger partial charge in [-0.3, -0.25) is 4.98 Å². The lowest BCUT2D eigenvalue weighted by molar-refractivity contribution is 0.554. The van der Waals surface area contributed by atoms with Crippen LogP contribution in [0.15, 0.2) is 30.3 Å². The van der Waals surface area contributed by atoms with Gasteiger partial charge in [0.2, 0.25) is 0 Å². The molecule has 2 aromatic rings. The zero-order valence-electron chi connectivity index (χ0n) is 12.7. The summed E-state index contributed by atoms with van der Waals surface area (Å²) in [6.45, 7) is 5.22. The number of pyridine rings is 1. The van der Waals surface area contributed by atoms with Crippen molar-refractivity contribution >= 4 is 16.6 Å². The minimum Gasteiger partial charge on any atom is -0.368 e. The topological polar surface area (TPSA) is 28.2 Å². The van der Waals surface area contributed by atoms with Crippen LogP contribution >= 0.6 is 0 Å². The van der Waals surface area contributed by atoms with Crippen molar-refractivity contribution in [2.24, 2.45) is 5.92 Å². The number of benzene rings is 1. The van der Waals surface area contributed by atoms with Crippen LogP contribution in [0.4, 0.5) is 5.69 Å². The quantitative estimate of drug-likeness (QED) is 0.931. The molecule has 21 heavy (non-hydrogen) atoms. The maximum absolute atomic E-state index is 4.82. The molecule has 3 nitrogen and oxygen atoms in total. The Bertz CT molecular complexity index is 652. The van der Waals surface area contributed by atoms with Gasteiger partial charge in [0.15, 0.2) is 0 Å². The normalized spacial score (nSPS) is 24.1. The molecular weight excluding hydrogens is 258 g/mol. The van der Waals surface area contributed by atoms with E-state index in [2.05, 4.69) is 47.5 Å². The van der Waals surface area contributed by atoms with Gasteiger partial charge in [0.25, 0.3) is 0 Å². The van der Waals surface area contributed by atoms with Crippen molar-refractivity contribution in [3.63, 3.8) is 0 Å². The number of rotatable bonds is 4. The molecule has 2 heterocycles. The van der Waals surface area contributed by atoms with E-state index in [0.717, 1.165) is 36.3 Å². The average molecular weight is 281 g/mol. The molecule has 1 saturated carbocycles. The minimum atomic E-state index is 0.757. The van der Waals surface area contributed by atoms with Crippen LogP contribution in [0, 0.1) is 5.92 Å². The fourth-order valence-electron chi connectivity index (χ4n) is 4.01. The van der Waals surface area contributed by atoms with Crippen molar-refractivity contribution in [2.45, 2.75) is 38.8 Å². The maximum atomic E-state index is 4.82. The Morgan fingerprint density at radius 2 is 2.19 bits per heavy atom. The second kappa shape index (κ2) is 5.30. The summed E-state index contributed by atoms with van der Waals surface area (Å²) in [7, 11) is 0. The van der Waals surface area contributed by atoms with Gasteiger partial charge in [0.1, 0.15) is 0 Å². The van der Waals surface area contributed by atoms with E-state index in [9.17, 15) is 0 Å². The predicted octanol–water partition coefficient (Wildman–Crippen LogP) is 3.33. The third-order valence-electron chi connectivity index (χ3n) is 5.02. The van der Waals surface area contributed by atoms with E-state index in [0.29, 0.717) is 0 Å². The average Bonchev–Trinajstić information content (AvgIpc) is 3.15. The van der Waals surface area contributed by atoms with Gasteiger partial charge < -0.3 is 10.2 Å². The highest BCUT2D eigenvalue weighted by molar-refractivity contribution is 5.92. The van der Waals surface area contributed by atoms with Crippen LogP contribution in [0.1, 0.15) is 31.9 Å². The number of para-hydroxylation sites is 1. The molecule has 1 aromatic heterocycles. The molecule has 0 spiro atoms. The number of hydrogen-bond acceptors (Lipinski definition) is 3. The van der Waals surface area contributed by atoms with Crippen LogP contribution < -0.4 is 10.2 Å². The molecule has 0 amide bonds. The summed E-state index contributed by atoms with van der Waals surface area (Å²) >= 11 is 0. The Labute approximate surface area is 126 Å². The largest absolute Gasteiger partial charge is 0.368 e. The first-order valence-corrected chi connectivity index (χ1v) is 8.21. The first-order chi connectivity index (χ1) is 10.3. The van der Waals surface area contributed by atoms with Crippen molar-refractivity contribution in [2.75, 3.05) is 18.0 Å². The Balaban J connectivity index is 1.78. The third kappa shape index (κ3) is 2.30. The maximum Gasteiger partial charge on any atom is 0.0726 e. The highest BCUT2D eigenvalue weighted by atomic mass is 15.2. The number of aromatic nitrogens is 1. The molecule has 110 valence electrons. The summed E-state index contributed by atoms with van der Waals surface area (Å²) < 4.78 is 0. The van der Waals surface area contributed by atoms with Crippen molar-refractivity contribution in [1.29, 1.82) is 0 Å². The Kier molecular flexibility index (Phi) is 3.30. The Hall–Kier alpha value is -1.61. The van der Waals surface area contributed by atoms with Crippen LogP contribution in [-0.2, 0) is 6.54 Å². The molecule has 1 aliphatic heterocycles. The lowest BCUT2D eigenvalue weighted by Gasteiger charge is -2.30. The standard InChI is InChI=1S/C18H23N3/c1-2-19-11-14-10-18(16-5-3-4-6-17(16)20-14)21-12-13-7-8-15(21)9-13/h3-6,10,13,15,19H,2,7-9,11-12H2,1H3. The number of anilines is 1. The molecule has 2 bridgehead atoms. The lowest BCUT2D eigenvalue weighted by atomic mass is 10.1. The van der Waals surface area contributed by atoms with Crippen molar-refractivity contribution in [3.8, 4) is 0 Å². The molecule has 3 heteroatoms. The van der Waals surface area contributed by atoms with E-state index in [1.54, 1.807) is 0 Å². The van der Waals surface area contributed by atoms with E-state index in [1.165, 1.54) is 36.9 Å². The number of fused-ring (bicyclic) bond motifs is 3. The molecule has 1 saturated heterocycles. The van der Waals surface area contributed by atoms with Crippen molar-refractivity contribution in [3.05, 3.63) is 36.0 Å². The van der Waals surface area contributed by atoms with Crippen LogP contribution in [0.25, 0.3) is 10.9 Å². The molecule has 2 atom stereocenters. The molecule has 2 fully saturated rings. The van der Waals surface area contributed by atoms with Gasteiger partial charge in [-0.05, 0) is 43.9 Å². The second-order valence-corrected chi connectivity index (χ2v) is 6.42. The zero-order valence-corrected chi connectivity index (χ0v) is 12.7. The lowest BCUT2D eigenvalue weighted by Crippen LogP contribution is -2.32. The van der Waals surface area contributed by atoms with E-state index in [1.807, 2.05) is 0 Å². The minimum absolute atomic E-state index is 0.757. The summed E-state index contributed by atoms with van der Waals surface area (Å²) in [6, 6.07) is 11.7. The van der Waals surface area contributed by atoms with Crippen LogP contribution in [0.2, 0.25) is 0 Å². The van der Waals surface area contributed by atoms with E-state index in [-0.39, 0.29) is 0 Å². The predicted molar refractivity (Wildman–Crippen MR) is 87.6 cm³/mol. The SMILES string of the molecule is CCNCc1cc(N2CC3CCC2C3)c2ccccc2n1. The van der Waals surface area contributed by atoms with E-state index in [4.69, 9.17) is 4.98 Å². The summed E-state index contributed by atoms with van der Waals surface area (Å²) in [5, 5.41) is 4.71. The zero-order chi connectivity index (χ0) is 14.2. The number of nitrogens with one attached hydrogen (secondary N) is 1. The van der Waals surface area contributed by atoms with Gasteiger partial charge in [-0.1, -0.05) is 25.1 Å². The highest BCUT2D eigenvalue weighted by Crippen LogP contribution is 2.42. The van der Waals surface area contributed by atoms with E-state index < -0.39 is 0 Å². The monoisotopic (exact) mass is 281 g/mol. The fraction of sp³-hybridized carbons (Fsp3) is 0.500. The molecule has 1 aromatic carbocycles. The van der Waals surface area contributed by atoms with Gasteiger partial charge in [0, 0.05) is 30.2 Å². The van der Waals surface area contributed by atoms with Gasteiger partial charge in [0.05, 0.1) is 11.2 Å². The van der Waals surface area contributed by atoms with Crippen molar-refractivity contribution in [1.82, 2.24) is 10.3 Å². The van der Waals surface area contributed by atoms with Crippen LogP contribution in [-0.4, -0.2) is 24.1 Å². The molecule has 1 aliphatic carbocycles. The van der Waals surface area contributed by atoms with Gasteiger partial charge in [-0.2, -0.15) is 0 Å². The molecule has 0 radical (unpaired) electrons. The molecule has 2 aliphatic rings. The summed E-state index contributed by atoms with van der Waals surface area (Å²) in [6.07, 6.45) is 4.18. The molecule has 4 rings (SSSR count).